The van der Waals surface area contributed by atoms with Gasteiger partial charge < -0.3 is 5.73 Å². The number of fused-ring (bicyclic) bond motifs is 2. The molecule has 1 saturated carbocycles. The van der Waals surface area contributed by atoms with Gasteiger partial charge in [0, 0.05) is 17.5 Å². The van der Waals surface area contributed by atoms with Gasteiger partial charge in [-0.05, 0) is 55.2 Å². The van der Waals surface area contributed by atoms with Gasteiger partial charge in [0.05, 0.1) is 22.4 Å². The van der Waals surface area contributed by atoms with Crippen LogP contribution in [0.3, 0.4) is 0 Å². The van der Waals surface area contributed by atoms with E-state index < -0.39 is 23.1 Å². The molecular formula is C20H16F3N3O2. The summed E-state index contributed by atoms with van der Waals surface area (Å²) < 4.78 is 38.5. The molecule has 1 aromatic heterocycles. The number of carbonyl (C=O) groups is 2. The van der Waals surface area contributed by atoms with Gasteiger partial charge in [-0.3, -0.25) is 19.5 Å². The Bertz CT molecular complexity index is 993. The number of hydrogen-bond acceptors (Lipinski definition) is 3. The average Bonchev–Trinajstić information content (AvgIpc) is 2.87. The SMILES string of the molecule is C=C(C(N)=O)C1CC2(C1)C(=O)N(c1ccc(C(F)(F)F)cc1)c1cccnc12. The maximum absolute atomic E-state index is 13.3. The molecule has 2 amide bonds. The van der Waals surface area contributed by atoms with Crippen molar-refractivity contribution in [3.63, 3.8) is 0 Å². The van der Waals surface area contributed by atoms with E-state index in [9.17, 15) is 22.8 Å². The van der Waals surface area contributed by atoms with E-state index in [0.717, 1.165) is 12.1 Å². The largest absolute Gasteiger partial charge is 0.416 e. The average molecular weight is 387 g/mol. The Labute approximate surface area is 158 Å². The van der Waals surface area contributed by atoms with Crippen LogP contribution in [0.2, 0.25) is 0 Å². The summed E-state index contributed by atoms with van der Waals surface area (Å²) in [5.41, 5.74) is 5.29. The molecule has 28 heavy (non-hydrogen) atoms. The van der Waals surface area contributed by atoms with Crippen molar-refractivity contribution in [2.75, 3.05) is 4.90 Å². The minimum atomic E-state index is -4.45. The van der Waals surface area contributed by atoms with Crippen molar-refractivity contribution in [2.45, 2.75) is 24.4 Å². The highest BCUT2D eigenvalue weighted by molar-refractivity contribution is 6.13. The van der Waals surface area contributed by atoms with Crippen LogP contribution in [0, 0.1) is 5.92 Å². The van der Waals surface area contributed by atoms with E-state index in [0.29, 0.717) is 29.9 Å². The molecule has 8 heteroatoms. The first kappa shape index (κ1) is 18.2. The molecule has 0 radical (unpaired) electrons. The molecule has 2 N–H and O–H groups in total. The molecule has 2 heterocycles. The molecule has 0 saturated heterocycles. The third kappa shape index (κ3) is 2.51. The van der Waals surface area contributed by atoms with E-state index in [-0.39, 0.29) is 17.4 Å². The van der Waals surface area contributed by atoms with Crippen molar-refractivity contribution >= 4 is 23.2 Å². The second-order valence-corrected chi connectivity index (χ2v) is 7.13. The predicted octanol–water partition coefficient (Wildman–Crippen LogP) is 3.47. The Balaban J connectivity index is 1.71. The Morgan fingerprint density at radius 3 is 2.43 bits per heavy atom. The summed E-state index contributed by atoms with van der Waals surface area (Å²) in [6.07, 6.45) is -2.20. The van der Waals surface area contributed by atoms with Gasteiger partial charge in [0.15, 0.2) is 0 Å². The quantitative estimate of drug-likeness (QED) is 0.820. The van der Waals surface area contributed by atoms with Gasteiger partial charge in [0.25, 0.3) is 0 Å². The smallest absolute Gasteiger partial charge is 0.366 e. The van der Waals surface area contributed by atoms with Crippen LogP contribution in [0.5, 0.6) is 0 Å². The summed E-state index contributed by atoms with van der Waals surface area (Å²) in [7, 11) is 0. The van der Waals surface area contributed by atoms with E-state index in [4.69, 9.17) is 5.73 Å². The molecule has 2 aliphatic rings. The highest BCUT2D eigenvalue weighted by Crippen LogP contribution is 2.58. The fraction of sp³-hybridized carbons (Fsp3) is 0.250. The van der Waals surface area contributed by atoms with E-state index >= 15 is 0 Å². The molecule has 4 rings (SSSR count). The number of benzene rings is 1. The predicted molar refractivity (Wildman–Crippen MR) is 95.6 cm³/mol. The number of aromatic nitrogens is 1. The van der Waals surface area contributed by atoms with Gasteiger partial charge in [0.2, 0.25) is 11.8 Å². The highest BCUT2D eigenvalue weighted by Gasteiger charge is 2.60. The van der Waals surface area contributed by atoms with Crippen LogP contribution in [0.4, 0.5) is 24.5 Å². The molecule has 1 aromatic carbocycles. The van der Waals surface area contributed by atoms with Crippen molar-refractivity contribution in [3.05, 3.63) is 66.0 Å². The number of nitrogens with two attached hydrogens (primary N) is 1. The minimum absolute atomic E-state index is 0.219. The van der Waals surface area contributed by atoms with Crippen LogP contribution in [0.15, 0.2) is 54.7 Å². The number of amides is 2. The fourth-order valence-corrected chi connectivity index (χ4v) is 4.02. The fourth-order valence-electron chi connectivity index (χ4n) is 4.02. The van der Waals surface area contributed by atoms with E-state index in [1.165, 1.54) is 17.0 Å². The molecule has 1 spiro atoms. The normalized spacial score (nSPS) is 23.5. The molecule has 1 fully saturated rings. The number of nitrogens with zero attached hydrogens (tertiary/aromatic N) is 2. The molecule has 144 valence electrons. The van der Waals surface area contributed by atoms with E-state index in [2.05, 4.69) is 11.6 Å². The summed E-state index contributed by atoms with van der Waals surface area (Å²) in [5.74, 6) is -1.09. The zero-order chi connectivity index (χ0) is 20.3. The minimum Gasteiger partial charge on any atom is -0.366 e. The molecule has 1 aliphatic heterocycles. The summed E-state index contributed by atoms with van der Waals surface area (Å²) in [4.78, 5) is 30.4. The Morgan fingerprint density at radius 2 is 1.86 bits per heavy atom. The number of carbonyl (C=O) groups excluding carboxylic acids is 2. The molecule has 2 aromatic rings. The van der Waals surface area contributed by atoms with Crippen LogP contribution < -0.4 is 10.6 Å². The van der Waals surface area contributed by atoms with Gasteiger partial charge >= 0.3 is 6.18 Å². The zero-order valence-corrected chi connectivity index (χ0v) is 14.7. The number of rotatable bonds is 3. The Morgan fingerprint density at radius 1 is 1.21 bits per heavy atom. The van der Waals surface area contributed by atoms with Gasteiger partial charge in [-0.25, -0.2) is 0 Å². The van der Waals surface area contributed by atoms with Gasteiger partial charge in [-0.1, -0.05) is 6.58 Å². The molecular weight excluding hydrogens is 371 g/mol. The van der Waals surface area contributed by atoms with Crippen LogP contribution >= 0.6 is 0 Å². The molecule has 0 atom stereocenters. The van der Waals surface area contributed by atoms with Gasteiger partial charge in [-0.2, -0.15) is 13.2 Å². The lowest BCUT2D eigenvalue weighted by molar-refractivity contribution is -0.137. The van der Waals surface area contributed by atoms with Crippen molar-refractivity contribution < 1.29 is 22.8 Å². The lowest BCUT2D eigenvalue weighted by Gasteiger charge is -2.43. The first-order chi connectivity index (χ1) is 13.1. The summed E-state index contributed by atoms with van der Waals surface area (Å²) in [5, 5.41) is 0. The number of primary amides is 1. The van der Waals surface area contributed by atoms with Crippen LogP contribution in [-0.4, -0.2) is 16.8 Å². The second kappa shape index (κ2) is 5.92. The monoisotopic (exact) mass is 387 g/mol. The van der Waals surface area contributed by atoms with Gasteiger partial charge in [-0.15, -0.1) is 0 Å². The number of anilines is 2. The lowest BCUT2D eigenvalue weighted by atomic mass is 9.58. The topological polar surface area (TPSA) is 76.3 Å². The molecule has 5 nitrogen and oxygen atoms in total. The highest BCUT2D eigenvalue weighted by atomic mass is 19.4. The standard InChI is InChI=1S/C20H16F3N3O2/c1-11(17(24)27)12-9-19(10-12)16-15(3-2-8-25-16)26(18(19)28)14-6-4-13(5-7-14)20(21,22)23/h2-8,12H,1,9-10H2,(H2,24,27). The number of halogens is 3. The number of pyridine rings is 1. The lowest BCUT2D eigenvalue weighted by Crippen LogP contribution is -2.50. The Hall–Kier alpha value is -3.16. The molecule has 1 aliphatic carbocycles. The van der Waals surface area contributed by atoms with Crippen molar-refractivity contribution in [1.29, 1.82) is 0 Å². The van der Waals surface area contributed by atoms with Crippen molar-refractivity contribution in [3.8, 4) is 0 Å². The van der Waals surface area contributed by atoms with Crippen LogP contribution in [-0.2, 0) is 21.2 Å². The molecule has 0 bridgehead atoms. The van der Waals surface area contributed by atoms with E-state index in [1.807, 2.05) is 0 Å². The second-order valence-electron chi connectivity index (χ2n) is 7.13. The number of hydrogen-bond donors (Lipinski definition) is 1. The van der Waals surface area contributed by atoms with E-state index in [1.54, 1.807) is 18.3 Å². The number of alkyl halides is 3. The van der Waals surface area contributed by atoms with Crippen LogP contribution in [0.1, 0.15) is 24.1 Å². The van der Waals surface area contributed by atoms with Crippen LogP contribution in [0.25, 0.3) is 0 Å². The Kier molecular flexibility index (Phi) is 3.85. The van der Waals surface area contributed by atoms with Crippen molar-refractivity contribution in [1.82, 2.24) is 4.98 Å². The maximum Gasteiger partial charge on any atom is 0.416 e. The maximum atomic E-state index is 13.3. The summed E-state index contributed by atoms with van der Waals surface area (Å²) in [6, 6.07) is 7.82. The first-order valence-electron chi connectivity index (χ1n) is 8.61. The third-order valence-corrected chi connectivity index (χ3v) is 5.54. The summed E-state index contributed by atoms with van der Waals surface area (Å²) >= 11 is 0. The third-order valence-electron chi connectivity index (χ3n) is 5.54. The first-order valence-corrected chi connectivity index (χ1v) is 8.61. The van der Waals surface area contributed by atoms with Gasteiger partial charge in [0.1, 0.15) is 0 Å². The van der Waals surface area contributed by atoms with Crippen molar-refractivity contribution in [2.24, 2.45) is 11.7 Å². The summed E-state index contributed by atoms with van der Waals surface area (Å²) in [6.45, 7) is 3.70. The zero-order valence-electron chi connectivity index (χ0n) is 14.7. The molecule has 0 unspecified atom stereocenters.